The Kier molecular flexibility index (Phi) is 2.61. The van der Waals surface area contributed by atoms with Crippen LogP contribution in [0.4, 0.5) is 0 Å². The Morgan fingerprint density at radius 3 is 2.48 bits per heavy atom. The summed E-state index contributed by atoms with van der Waals surface area (Å²) in [4.78, 5) is 12.0. The first-order valence-corrected chi connectivity index (χ1v) is 6.83. The monoisotopic (exact) mass is 272 g/mol. The number of ether oxygens (including phenoxy) is 1. The van der Waals surface area contributed by atoms with E-state index in [1.165, 1.54) is 5.39 Å². The van der Waals surface area contributed by atoms with Crippen LogP contribution in [0, 0.1) is 0 Å². The fourth-order valence-electron chi connectivity index (χ4n) is 2.64. The molecule has 0 N–H and O–H groups in total. The second-order valence-electron chi connectivity index (χ2n) is 5.05. The van der Waals surface area contributed by atoms with E-state index in [2.05, 4.69) is 24.3 Å². The van der Waals surface area contributed by atoms with Gasteiger partial charge in [-0.1, -0.05) is 54.6 Å². The lowest BCUT2D eigenvalue weighted by molar-refractivity contribution is -0.126. The summed E-state index contributed by atoms with van der Waals surface area (Å²) in [5.41, 5.74) is 2.47. The van der Waals surface area contributed by atoms with Gasteiger partial charge in [0.15, 0.2) is 0 Å². The molecule has 3 aromatic rings. The smallest absolute Gasteiger partial charge is 0.344 e. The van der Waals surface area contributed by atoms with Gasteiger partial charge in [-0.2, -0.15) is 0 Å². The third-order valence-electron chi connectivity index (χ3n) is 3.68. The summed E-state index contributed by atoms with van der Waals surface area (Å²) in [5.74, 6) is 0.346. The van der Waals surface area contributed by atoms with Crippen molar-refractivity contribution in [1.82, 2.24) is 0 Å². The highest BCUT2D eigenvalue weighted by molar-refractivity contribution is 6.26. The summed E-state index contributed by atoms with van der Waals surface area (Å²) in [7, 11) is 0. The molecule has 4 rings (SSSR count). The van der Waals surface area contributed by atoms with Gasteiger partial charge in [0.05, 0.1) is 5.57 Å². The van der Waals surface area contributed by atoms with Crippen LogP contribution in [-0.4, -0.2) is 5.97 Å². The van der Waals surface area contributed by atoms with Crippen molar-refractivity contribution in [2.45, 2.75) is 0 Å². The van der Waals surface area contributed by atoms with Crippen molar-refractivity contribution in [3.05, 3.63) is 77.9 Å². The number of carbonyl (C=O) groups excluding carboxylic acids is 1. The molecule has 100 valence electrons. The van der Waals surface area contributed by atoms with Crippen LogP contribution in [-0.2, 0) is 4.79 Å². The lowest BCUT2D eigenvalue weighted by atomic mass is 10.0. The fraction of sp³-hybridized carbons (Fsp3) is 0. The Bertz CT molecular complexity index is 891. The molecule has 2 heteroatoms. The number of para-hydroxylation sites is 1. The third kappa shape index (κ3) is 2.01. The average Bonchev–Trinajstić information content (AvgIpc) is 2.83. The third-order valence-corrected chi connectivity index (χ3v) is 3.68. The quantitative estimate of drug-likeness (QED) is 0.375. The molecule has 0 aromatic heterocycles. The van der Waals surface area contributed by atoms with E-state index in [9.17, 15) is 4.79 Å². The molecule has 1 aliphatic heterocycles. The second kappa shape index (κ2) is 4.60. The zero-order valence-electron chi connectivity index (χ0n) is 11.2. The lowest BCUT2D eigenvalue weighted by Crippen LogP contribution is -2.00. The van der Waals surface area contributed by atoms with Crippen LogP contribution in [0.2, 0.25) is 0 Å². The molecule has 0 aliphatic carbocycles. The molecule has 21 heavy (non-hydrogen) atoms. The van der Waals surface area contributed by atoms with Gasteiger partial charge in [0.2, 0.25) is 0 Å². The SMILES string of the molecule is O=C1Oc2ccccc2C1=Cc1ccc2ccccc2c1. The molecule has 0 atom stereocenters. The fourth-order valence-corrected chi connectivity index (χ4v) is 2.64. The van der Waals surface area contributed by atoms with Gasteiger partial charge in [-0.05, 0) is 34.5 Å². The van der Waals surface area contributed by atoms with Gasteiger partial charge >= 0.3 is 5.97 Å². The minimum absolute atomic E-state index is 0.288. The largest absolute Gasteiger partial charge is 0.422 e. The van der Waals surface area contributed by atoms with E-state index in [1.807, 2.05) is 48.5 Å². The molecule has 1 aliphatic rings. The Morgan fingerprint density at radius 2 is 1.57 bits per heavy atom. The van der Waals surface area contributed by atoms with Crippen LogP contribution in [0.1, 0.15) is 11.1 Å². The van der Waals surface area contributed by atoms with Crippen molar-refractivity contribution in [2.24, 2.45) is 0 Å². The first kappa shape index (κ1) is 11.9. The number of rotatable bonds is 1. The molecule has 0 fully saturated rings. The standard InChI is InChI=1S/C19H12O2/c20-19-17(16-7-3-4-8-18(16)21-19)12-13-9-10-14-5-1-2-6-15(14)11-13/h1-12H. The van der Waals surface area contributed by atoms with E-state index in [0.29, 0.717) is 11.3 Å². The summed E-state index contributed by atoms with van der Waals surface area (Å²) >= 11 is 0. The molecular weight excluding hydrogens is 260 g/mol. The summed E-state index contributed by atoms with van der Waals surface area (Å²) in [6.45, 7) is 0. The van der Waals surface area contributed by atoms with E-state index in [-0.39, 0.29) is 5.97 Å². The molecule has 0 saturated carbocycles. The molecule has 0 bridgehead atoms. The van der Waals surface area contributed by atoms with Gasteiger partial charge in [-0.3, -0.25) is 0 Å². The zero-order chi connectivity index (χ0) is 14.2. The zero-order valence-corrected chi connectivity index (χ0v) is 11.2. The molecule has 0 saturated heterocycles. The van der Waals surface area contributed by atoms with Crippen molar-refractivity contribution >= 4 is 28.4 Å². The summed E-state index contributed by atoms with van der Waals surface area (Å²) in [6.07, 6.45) is 1.89. The Balaban J connectivity index is 1.84. The molecule has 3 aromatic carbocycles. The maximum absolute atomic E-state index is 12.0. The minimum Gasteiger partial charge on any atom is -0.422 e. The number of fused-ring (bicyclic) bond motifs is 2. The van der Waals surface area contributed by atoms with Gasteiger partial charge in [-0.15, -0.1) is 0 Å². The minimum atomic E-state index is -0.288. The highest BCUT2D eigenvalue weighted by Gasteiger charge is 2.25. The Morgan fingerprint density at radius 1 is 0.810 bits per heavy atom. The number of carbonyl (C=O) groups is 1. The van der Waals surface area contributed by atoms with Crippen molar-refractivity contribution < 1.29 is 9.53 Å². The van der Waals surface area contributed by atoms with Crippen molar-refractivity contribution in [2.75, 3.05) is 0 Å². The van der Waals surface area contributed by atoms with Crippen LogP contribution in [0.15, 0.2) is 66.7 Å². The van der Waals surface area contributed by atoms with Crippen LogP contribution in [0.5, 0.6) is 5.75 Å². The maximum Gasteiger partial charge on any atom is 0.344 e. The molecule has 1 heterocycles. The van der Waals surface area contributed by atoms with Crippen LogP contribution in [0.25, 0.3) is 22.4 Å². The normalized spacial score (nSPS) is 15.2. The molecule has 0 spiro atoms. The van der Waals surface area contributed by atoms with E-state index in [4.69, 9.17) is 4.74 Å². The van der Waals surface area contributed by atoms with Crippen LogP contribution < -0.4 is 4.74 Å². The summed E-state index contributed by atoms with van der Waals surface area (Å²) in [5, 5.41) is 2.35. The predicted octanol–water partition coefficient (Wildman–Crippen LogP) is 4.30. The van der Waals surface area contributed by atoms with E-state index < -0.39 is 0 Å². The Hall–Kier alpha value is -2.87. The van der Waals surface area contributed by atoms with Gasteiger partial charge in [0.25, 0.3) is 0 Å². The first-order valence-electron chi connectivity index (χ1n) is 6.83. The van der Waals surface area contributed by atoms with E-state index >= 15 is 0 Å². The first-order chi connectivity index (χ1) is 10.3. The van der Waals surface area contributed by atoms with Gasteiger partial charge in [0, 0.05) is 5.56 Å². The number of hydrogen-bond donors (Lipinski definition) is 0. The number of esters is 1. The summed E-state index contributed by atoms with van der Waals surface area (Å²) in [6, 6.07) is 21.8. The van der Waals surface area contributed by atoms with Gasteiger partial charge in [0.1, 0.15) is 5.75 Å². The van der Waals surface area contributed by atoms with Crippen molar-refractivity contribution in [1.29, 1.82) is 0 Å². The highest BCUT2D eigenvalue weighted by Crippen LogP contribution is 2.35. The van der Waals surface area contributed by atoms with Crippen LogP contribution >= 0.6 is 0 Å². The predicted molar refractivity (Wildman–Crippen MR) is 83.9 cm³/mol. The van der Waals surface area contributed by atoms with Crippen LogP contribution in [0.3, 0.4) is 0 Å². The Labute approximate surface area is 122 Å². The lowest BCUT2D eigenvalue weighted by Gasteiger charge is -2.00. The van der Waals surface area contributed by atoms with Crippen molar-refractivity contribution in [3.8, 4) is 5.75 Å². The maximum atomic E-state index is 12.0. The van der Waals surface area contributed by atoms with Gasteiger partial charge in [-0.25, -0.2) is 4.79 Å². The van der Waals surface area contributed by atoms with E-state index in [1.54, 1.807) is 0 Å². The van der Waals surface area contributed by atoms with Crippen molar-refractivity contribution in [3.63, 3.8) is 0 Å². The molecule has 0 amide bonds. The summed E-state index contributed by atoms with van der Waals surface area (Å²) < 4.78 is 5.27. The molecular formula is C19H12O2. The van der Waals surface area contributed by atoms with Gasteiger partial charge < -0.3 is 4.74 Å². The molecule has 2 nitrogen and oxygen atoms in total. The molecule has 0 unspecified atom stereocenters. The van der Waals surface area contributed by atoms with E-state index in [0.717, 1.165) is 16.5 Å². The molecule has 0 radical (unpaired) electrons. The number of benzene rings is 3. The topological polar surface area (TPSA) is 26.3 Å². The average molecular weight is 272 g/mol. The highest BCUT2D eigenvalue weighted by atomic mass is 16.5. The second-order valence-corrected chi connectivity index (χ2v) is 5.05. The number of hydrogen-bond acceptors (Lipinski definition) is 2.